The lowest BCUT2D eigenvalue weighted by Crippen LogP contribution is -2.22. The predicted octanol–water partition coefficient (Wildman–Crippen LogP) is 2.94. The number of anilines is 2. The van der Waals surface area contributed by atoms with Gasteiger partial charge in [-0.05, 0) is 23.6 Å². The van der Waals surface area contributed by atoms with Crippen LogP contribution in [0.4, 0.5) is 15.8 Å². The third-order valence-corrected chi connectivity index (χ3v) is 2.81. The zero-order valence-corrected chi connectivity index (χ0v) is 9.76. The third-order valence-electron chi connectivity index (χ3n) is 2.12. The van der Waals surface area contributed by atoms with E-state index in [4.69, 9.17) is 0 Å². The summed E-state index contributed by atoms with van der Waals surface area (Å²) in [7, 11) is 0. The standard InChI is InChI=1S/C12H11FN2OS/c13-10-3-1-2-4-11(10)15-12(16)7-14-9-5-6-17-8-9/h1-6,8,14H,7H2,(H,15,16). The summed E-state index contributed by atoms with van der Waals surface area (Å²) in [5.74, 6) is -0.710. The Morgan fingerprint density at radius 2 is 2.12 bits per heavy atom. The van der Waals surface area contributed by atoms with Crippen LogP contribution in [-0.4, -0.2) is 12.5 Å². The molecule has 0 atom stereocenters. The van der Waals surface area contributed by atoms with E-state index in [1.54, 1.807) is 23.5 Å². The van der Waals surface area contributed by atoms with E-state index in [0.717, 1.165) is 5.69 Å². The molecule has 0 aliphatic carbocycles. The summed E-state index contributed by atoms with van der Waals surface area (Å²) in [6.07, 6.45) is 0. The number of hydrogen-bond donors (Lipinski definition) is 2. The van der Waals surface area contributed by atoms with Gasteiger partial charge in [-0.25, -0.2) is 4.39 Å². The molecular formula is C12H11FN2OS. The first-order valence-corrected chi connectivity index (χ1v) is 6.00. The van der Waals surface area contributed by atoms with Gasteiger partial charge in [-0.3, -0.25) is 4.79 Å². The van der Waals surface area contributed by atoms with Crippen LogP contribution in [0.15, 0.2) is 41.1 Å². The first-order valence-electron chi connectivity index (χ1n) is 5.06. The smallest absolute Gasteiger partial charge is 0.243 e. The van der Waals surface area contributed by atoms with Crippen LogP contribution < -0.4 is 10.6 Å². The first-order chi connectivity index (χ1) is 8.25. The molecule has 1 aromatic carbocycles. The molecule has 1 aromatic heterocycles. The Labute approximate surface area is 102 Å². The molecule has 2 aromatic rings. The van der Waals surface area contributed by atoms with Gasteiger partial charge < -0.3 is 10.6 Å². The molecule has 0 saturated heterocycles. The van der Waals surface area contributed by atoms with Crippen molar-refractivity contribution in [1.82, 2.24) is 0 Å². The summed E-state index contributed by atoms with van der Waals surface area (Å²) in [5, 5.41) is 9.25. The summed E-state index contributed by atoms with van der Waals surface area (Å²) in [6.45, 7) is 0.116. The summed E-state index contributed by atoms with van der Waals surface area (Å²) < 4.78 is 13.2. The van der Waals surface area contributed by atoms with E-state index in [2.05, 4.69) is 10.6 Å². The minimum absolute atomic E-state index is 0.116. The topological polar surface area (TPSA) is 41.1 Å². The average Bonchev–Trinajstić information content (AvgIpc) is 2.82. The lowest BCUT2D eigenvalue weighted by molar-refractivity contribution is -0.114. The zero-order valence-electron chi connectivity index (χ0n) is 8.94. The fourth-order valence-corrected chi connectivity index (χ4v) is 1.92. The van der Waals surface area contributed by atoms with Gasteiger partial charge in [-0.2, -0.15) is 11.3 Å². The Morgan fingerprint density at radius 3 is 2.82 bits per heavy atom. The highest BCUT2D eigenvalue weighted by Gasteiger charge is 2.05. The molecule has 5 heteroatoms. The molecule has 0 spiro atoms. The van der Waals surface area contributed by atoms with Crippen molar-refractivity contribution in [3.63, 3.8) is 0 Å². The van der Waals surface area contributed by atoms with Crippen molar-refractivity contribution >= 4 is 28.6 Å². The molecule has 0 saturated carbocycles. The Hall–Kier alpha value is -1.88. The Kier molecular flexibility index (Phi) is 3.72. The predicted molar refractivity (Wildman–Crippen MR) is 67.8 cm³/mol. The van der Waals surface area contributed by atoms with E-state index in [0.29, 0.717) is 0 Å². The highest BCUT2D eigenvalue weighted by atomic mass is 32.1. The highest BCUT2D eigenvalue weighted by molar-refractivity contribution is 7.08. The summed E-state index contributed by atoms with van der Waals surface area (Å²) in [5.41, 5.74) is 1.09. The SMILES string of the molecule is O=C(CNc1ccsc1)Nc1ccccc1F. The van der Waals surface area contributed by atoms with Gasteiger partial charge in [0.15, 0.2) is 0 Å². The summed E-state index contributed by atoms with van der Waals surface area (Å²) in [6, 6.07) is 7.96. The van der Waals surface area contributed by atoms with Crippen LogP contribution in [0.5, 0.6) is 0 Å². The van der Waals surface area contributed by atoms with Crippen LogP contribution >= 0.6 is 11.3 Å². The van der Waals surface area contributed by atoms with Crippen molar-refractivity contribution in [1.29, 1.82) is 0 Å². The second-order valence-electron chi connectivity index (χ2n) is 3.39. The molecule has 0 fully saturated rings. The van der Waals surface area contributed by atoms with Crippen LogP contribution in [-0.2, 0) is 4.79 Å². The average molecular weight is 250 g/mol. The number of hydrogen-bond acceptors (Lipinski definition) is 3. The monoisotopic (exact) mass is 250 g/mol. The molecule has 0 aliphatic rings. The van der Waals surface area contributed by atoms with E-state index >= 15 is 0 Å². The maximum Gasteiger partial charge on any atom is 0.243 e. The molecule has 3 nitrogen and oxygen atoms in total. The number of benzene rings is 1. The molecule has 0 unspecified atom stereocenters. The van der Waals surface area contributed by atoms with Crippen molar-refractivity contribution in [3.05, 3.63) is 46.9 Å². The minimum Gasteiger partial charge on any atom is -0.375 e. The van der Waals surface area contributed by atoms with Gasteiger partial charge in [0.05, 0.1) is 12.2 Å². The van der Waals surface area contributed by atoms with Crippen LogP contribution in [0.25, 0.3) is 0 Å². The van der Waals surface area contributed by atoms with Crippen LogP contribution in [0, 0.1) is 5.82 Å². The van der Waals surface area contributed by atoms with Crippen LogP contribution in [0.1, 0.15) is 0 Å². The highest BCUT2D eigenvalue weighted by Crippen LogP contribution is 2.13. The lowest BCUT2D eigenvalue weighted by Gasteiger charge is -2.07. The normalized spacial score (nSPS) is 9.94. The van der Waals surface area contributed by atoms with E-state index in [1.165, 1.54) is 12.1 Å². The van der Waals surface area contributed by atoms with Crippen molar-refractivity contribution in [2.24, 2.45) is 0 Å². The number of thiophene rings is 1. The third kappa shape index (κ3) is 3.29. The van der Waals surface area contributed by atoms with Crippen molar-refractivity contribution < 1.29 is 9.18 Å². The number of para-hydroxylation sites is 1. The van der Waals surface area contributed by atoms with Gasteiger partial charge >= 0.3 is 0 Å². The molecule has 17 heavy (non-hydrogen) atoms. The molecule has 0 radical (unpaired) electrons. The maximum absolute atomic E-state index is 13.2. The summed E-state index contributed by atoms with van der Waals surface area (Å²) >= 11 is 1.54. The number of nitrogens with one attached hydrogen (secondary N) is 2. The molecule has 2 rings (SSSR count). The van der Waals surface area contributed by atoms with E-state index in [9.17, 15) is 9.18 Å². The van der Waals surface area contributed by atoms with Gasteiger partial charge in [0, 0.05) is 11.1 Å². The molecular weight excluding hydrogens is 239 g/mol. The Morgan fingerprint density at radius 1 is 1.29 bits per heavy atom. The number of halogens is 1. The molecule has 88 valence electrons. The molecule has 0 aliphatic heterocycles. The largest absolute Gasteiger partial charge is 0.375 e. The number of carbonyl (C=O) groups excluding carboxylic acids is 1. The first kappa shape index (κ1) is 11.6. The lowest BCUT2D eigenvalue weighted by atomic mass is 10.3. The molecule has 0 bridgehead atoms. The second kappa shape index (κ2) is 5.45. The van der Waals surface area contributed by atoms with Crippen molar-refractivity contribution in [3.8, 4) is 0 Å². The van der Waals surface area contributed by atoms with Gasteiger partial charge in [0.2, 0.25) is 5.91 Å². The van der Waals surface area contributed by atoms with Gasteiger partial charge in [-0.15, -0.1) is 0 Å². The van der Waals surface area contributed by atoms with E-state index < -0.39 is 5.82 Å². The van der Waals surface area contributed by atoms with Gasteiger partial charge in [0.25, 0.3) is 0 Å². The number of carbonyl (C=O) groups is 1. The Balaban J connectivity index is 1.87. The van der Waals surface area contributed by atoms with Crippen LogP contribution in [0.3, 0.4) is 0 Å². The van der Waals surface area contributed by atoms with E-state index in [-0.39, 0.29) is 18.1 Å². The Bertz CT molecular complexity index is 499. The van der Waals surface area contributed by atoms with Gasteiger partial charge in [-0.1, -0.05) is 12.1 Å². The molecule has 2 N–H and O–H groups in total. The minimum atomic E-state index is -0.434. The summed E-state index contributed by atoms with van der Waals surface area (Å²) in [4.78, 5) is 11.5. The van der Waals surface area contributed by atoms with Crippen molar-refractivity contribution in [2.75, 3.05) is 17.2 Å². The van der Waals surface area contributed by atoms with Crippen LogP contribution in [0.2, 0.25) is 0 Å². The number of amides is 1. The number of rotatable bonds is 4. The van der Waals surface area contributed by atoms with E-state index in [1.807, 2.05) is 16.8 Å². The van der Waals surface area contributed by atoms with Crippen molar-refractivity contribution in [2.45, 2.75) is 0 Å². The fourth-order valence-electron chi connectivity index (χ4n) is 1.30. The molecule has 1 amide bonds. The second-order valence-corrected chi connectivity index (χ2v) is 4.17. The molecule has 1 heterocycles. The zero-order chi connectivity index (χ0) is 12.1. The quantitative estimate of drug-likeness (QED) is 0.876. The fraction of sp³-hybridized carbons (Fsp3) is 0.0833. The van der Waals surface area contributed by atoms with Gasteiger partial charge in [0.1, 0.15) is 5.82 Å². The maximum atomic E-state index is 13.2.